The molecule has 3 amide bonds. The fourth-order valence-electron chi connectivity index (χ4n) is 3.85. The summed E-state index contributed by atoms with van der Waals surface area (Å²) in [5, 5.41) is 2.88. The second-order valence-electron chi connectivity index (χ2n) is 7.34. The van der Waals surface area contributed by atoms with Gasteiger partial charge in [-0.2, -0.15) is 0 Å². The number of anilines is 1. The highest BCUT2D eigenvalue weighted by Gasteiger charge is 2.45. The molecule has 0 aromatic heterocycles. The van der Waals surface area contributed by atoms with Gasteiger partial charge < -0.3 is 19.7 Å². The summed E-state index contributed by atoms with van der Waals surface area (Å²) in [5.41, 5.74) is 0.491. The van der Waals surface area contributed by atoms with Crippen molar-refractivity contribution >= 4 is 17.6 Å². The van der Waals surface area contributed by atoms with Gasteiger partial charge in [0.1, 0.15) is 11.5 Å². The maximum Gasteiger partial charge on any atom is 0.573 e. The Morgan fingerprint density at radius 1 is 1.03 bits per heavy atom. The maximum absolute atomic E-state index is 12.7. The number of nitrogens with zero attached hydrogens (tertiary/aromatic N) is 2. The predicted molar refractivity (Wildman–Crippen MR) is 105 cm³/mol. The van der Waals surface area contributed by atoms with E-state index in [9.17, 15) is 22.8 Å². The lowest BCUT2D eigenvalue weighted by molar-refractivity contribution is -0.274. The summed E-state index contributed by atoms with van der Waals surface area (Å²) in [5.74, 6) is -0.00866. The second kappa shape index (κ2) is 8.37. The molecule has 0 spiro atoms. The SMILES string of the molecule is O=C(COc1ccccc1)NC1CC2CN(c3ccc(OC(F)(F)F)cc3)C(=O)N2C1. The van der Waals surface area contributed by atoms with Crippen molar-refractivity contribution in [2.24, 2.45) is 0 Å². The first-order chi connectivity index (χ1) is 14.8. The third-order valence-electron chi connectivity index (χ3n) is 5.14. The number of rotatable bonds is 6. The van der Waals surface area contributed by atoms with Gasteiger partial charge in [-0.1, -0.05) is 18.2 Å². The van der Waals surface area contributed by atoms with Crippen LogP contribution in [0.1, 0.15) is 6.42 Å². The number of amides is 3. The van der Waals surface area contributed by atoms with Crippen molar-refractivity contribution in [3.8, 4) is 11.5 Å². The first kappa shape index (κ1) is 20.8. The Kier molecular flexibility index (Phi) is 5.62. The van der Waals surface area contributed by atoms with Crippen LogP contribution in [0.15, 0.2) is 54.6 Å². The molecule has 2 unspecified atom stereocenters. The van der Waals surface area contributed by atoms with Gasteiger partial charge in [-0.15, -0.1) is 13.2 Å². The van der Waals surface area contributed by atoms with Crippen molar-refractivity contribution in [3.05, 3.63) is 54.6 Å². The van der Waals surface area contributed by atoms with Crippen LogP contribution in [0.25, 0.3) is 0 Å². The number of carbonyl (C=O) groups is 2. The Labute approximate surface area is 176 Å². The summed E-state index contributed by atoms with van der Waals surface area (Å²) in [6.45, 7) is 0.648. The Morgan fingerprint density at radius 2 is 1.74 bits per heavy atom. The van der Waals surface area contributed by atoms with Crippen LogP contribution in [-0.2, 0) is 4.79 Å². The minimum Gasteiger partial charge on any atom is -0.484 e. The molecule has 1 N–H and O–H groups in total. The molecule has 10 heteroatoms. The lowest BCUT2D eigenvalue weighted by atomic mass is 10.1. The number of nitrogens with one attached hydrogen (secondary N) is 1. The first-order valence-electron chi connectivity index (χ1n) is 9.69. The molecule has 4 rings (SSSR count). The Balaban J connectivity index is 1.28. The summed E-state index contributed by atoms with van der Waals surface area (Å²) in [4.78, 5) is 28.1. The monoisotopic (exact) mass is 435 g/mol. The number of hydrogen-bond donors (Lipinski definition) is 1. The standard InChI is InChI=1S/C21H20F3N3O4/c22-21(23,24)31-18-8-6-15(7-9-18)27-12-16-10-14(11-26(16)20(27)29)25-19(28)13-30-17-4-2-1-3-5-17/h1-9,14,16H,10-13H2,(H,25,28). The topological polar surface area (TPSA) is 71.1 Å². The van der Waals surface area contributed by atoms with Crippen molar-refractivity contribution < 1.29 is 32.2 Å². The zero-order valence-electron chi connectivity index (χ0n) is 16.3. The minimum atomic E-state index is -4.76. The zero-order chi connectivity index (χ0) is 22.0. The number of carbonyl (C=O) groups excluding carboxylic acids is 2. The van der Waals surface area contributed by atoms with Gasteiger partial charge in [0.2, 0.25) is 0 Å². The van der Waals surface area contributed by atoms with Crippen LogP contribution in [-0.4, -0.2) is 55.0 Å². The summed E-state index contributed by atoms with van der Waals surface area (Å²) < 4.78 is 46.2. The summed E-state index contributed by atoms with van der Waals surface area (Å²) in [7, 11) is 0. The van der Waals surface area contributed by atoms with Crippen LogP contribution in [0.5, 0.6) is 11.5 Å². The van der Waals surface area contributed by atoms with Crippen LogP contribution in [0.4, 0.5) is 23.7 Å². The molecule has 0 radical (unpaired) electrons. The number of hydrogen-bond acceptors (Lipinski definition) is 4. The summed E-state index contributed by atoms with van der Waals surface area (Å²) >= 11 is 0. The minimum absolute atomic E-state index is 0.0843. The van der Waals surface area contributed by atoms with Gasteiger partial charge in [0.25, 0.3) is 5.91 Å². The van der Waals surface area contributed by atoms with Crippen molar-refractivity contribution in [3.63, 3.8) is 0 Å². The van der Waals surface area contributed by atoms with Crippen LogP contribution in [0.2, 0.25) is 0 Å². The van der Waals surface area contributed by atoms with Gasteiger partial charge in [-0.3, -0.25) is 9.69 Å². The van der Waals surface area contributed by atoms with E-state index in [1.165, 1.54) is 29.2 Å². The molecule has 2 aromatic rings. The lowest BCUT2D eigenvalue weighted by Crippen LogP contribution is -2.42. The molecule has 0 aliphatic carbocycles. The molecule has 2 aromatic carbocycles. The average molecular weight is 435 g/mol. The predicted octanol–water partition coefficient (Wildman–Crippen LogP) is 3.16. The lowest BCUT2D eigenvalue weighted by Gasteiger charge is -2.20. The van der Waals surface area contributed by atoms with Gasteiger partial charge >= 0.3 is 12.4 Å². The number of halogens is 3. The molecule has 2 atom stereocenters. The largest absolute Gasteiger partial charge is 0.573 e. The van der Waals surface area contributed by atoms with Crippen LogP contribution >= 0.6 is 0 Å². The maximum atomic E-state index is 12.7. The Bertz CT molecular complexity index is 937. The number of urea groups is 1. The molecular formula is C21H20F3N3O4. The number of benzene rings is 2. The average Bonchev–Trinajstić information content (AvgIpc) is 3.25. The number of fused-ring (bicyclic) bond motifs is 1. The van der Waals surface area contributed by atoms with E-state index in [1.807, 2.05) is 18.2 Å². The van der Waals surface area contributed by atoms with E-state index < -0.39 is 6.36 Å². The van der Waals surface area contributed by atoms with E-state index in [-0.39, 0.29) is 36.4 Å². The molecule has 2 aliphatic rings. The van der Waals surface area contributed by atoms with Crippen molar-refractivity contribution in [1.29, 1.82) is 0 Å². The summed E-state index contributed by atoms with van der Waals surface area (Å²) in [6, 6.07) is 13.7. The van der Waals surface area contributed by atoms with Gasteiger partial charge in [-0.25, -0.2) is 4.79 Å². The van der Waals surface area contributed by atoms with Crippen LogP contribution in [0.3, 0.4) is 0 Å². The van der Waals surface area contributed by atoms with E-state index in [1.54, 1.807) is 17.0 Å². The van der Waals surface area contributed by atoms with E-state index in [0.29, 0.717) is 30.9 Å². The number of alkyl halides is 3. The van der Waals surface area contributed by atoms with Gasteiger partial charge in [0.05, 0.1) is 6.04 Å². The fraction of sp³-hybridized carbons (Fsp3) is 0.333. The molecule has 164 valence electrons. The molecule has 2 aliphatic heterocycles. The third-order valence-corrected chi connectivity index (χ3v) is 5.14. The molecule has 0 saturated carbocycles. The van der Waals surface area contributed by atoms with Gasteiger partial charge in [0.15, 0.2) is 6.61 Å². The molecular weight excluding hydrogens is 415 g/mol. The van der Waals surface area contributed by atoms with E-state index in [4.69, 9.17) is 4.74 Å². The van der Waals surface area contributed by atoms with Gasteiger partial charge in [-0.05, 0) is 42.8 Å². The fourth-order valence-corrected chi connectivity index (χ4v) is 3.85. The highest BCUT2D eigenvalue weighted by Crippen LogP contribution is 2.32. The van der Waals surface area contributed by atoms with Crippen molar-refractivity contribution in [2.75, 3.05) is 24.6 Å². The number of para-hydroxylation sites is 1. The Hall–Kier alpha value is -3.43. The number of ether oxygens (including phenoxy) is 2. The second-order valence-corrected chi connectivity index (χ2v) is 7.34. The van der Waals surface area contributed by atoms with Gasteiger partial charge in [0, 0.05) is 24.8 Å². The normalized spacial score (nSPS) is 20.5. The smallest absolute Gasteiger partial charge is 0.484 e. The summed E-state index contributed by atoms with van der Waals surface area (Å²) in [6.07, 6.45) is -4.17. The van der Waals surface area contributed by atoms with Crippen LogP contribution in [0, 0.1) is 0 Å². The van der Waals surface area contributed by atoms with Crippen molar-refractivity contribution in [1.82, 2.24) is 10.2 Å². The Morgan fingerprint density at radius 3 is 2.39 bits per heavy atom. The van der Waals surface area contributed by atoms with E-state index >= 15 is 0 Å². The van der Waals surface area contributed by atoms with Crippen LogP contribution < -0.4 is 19.7 Å². The van der Waals surface area contributed by atoms with E-state index in [2.05, 4.69) is 10.1 Å². The highest BCUT2D eigenvalue weighted by atomic mass is 19.4. The van der Waals surface area contributed by atoms with Crippen molar-refractivity contribution in [2.45, 2.75) is 24.9 Å². The first-order valence-corrected chi connectivity index (χ1v) is 9.69. The third kappa shape index (κ3) is 5.01. The molecule has 7 nitrogen and oxygen atoms in total. The molecule has 31 heavy (non-hydrogen) atoms. The molecule has 0 bridgehead atoms. The zero-order valence-corrected chi connectivity index (χ0v) is 16.3. The molecule has 2 fully saturated rings. The van der Waals surface area contributed by atoms with E-state index in [0.717, 1.165) is 0 Å². The quantitative estimate of drug-likeness (QED) is 0.757. The highest BCUT2D eigenvalue weighted by molar-refractivity contribution is 5.95. The molecule has 2 heterocycles. The molecule has 2 saturated heterocycles.